The van der Waals surface area contributed by atoms with Crippen molar-refractivity contribution in [3.8, 4) is 5.75 Å². The molecule has 1 N–H and O–H groups in total. The van der Waals surface area contributed by atoms with Crippen LogP contribution in [0.4, 0.5) is 0 Å². The third-order valence-electron chi connectivity index (χ3n) is 5.87. The zero-order valence-corrected chi connectivity index (χ0v) is 20.4. The number of carbonyl (C=O) groups is 1. The van der Waals surface area contributed by atoms with Crippen molar-refractivity contribution in [3.05, 3.63) is 96.1 Å². The van der Waals surface area contributed by atoms with Crippen LogP contribution in [0.15, 0.2) is 89.8 Å². The van der Waals surface area contributed by atoms with Crippen LogP contribution < -0.4 is 10.1 Å². The average Bonchev–Trinajstić information content (AvgIpc) is 2.91. The molecule has 1 saturated heterocycles. The molecule has 6 nitrogen and oxygen atoms in total. The summed E-state index contributed by atoms with van der Waals surface area (Å²) in [5.41, 5.74) is 2.35. The zero-order chi connectivity index (χ0) is 24.5. The number of carbonyl (C=O) groups excluding carboxylic acids is 1. The van der Waals surface area contributed by atoms with Crippen LogP contribution in [0.3, 0.4) is 0 Å². The van der Waals surface area contributed by atoms with Crippen molar-refractivity contribution in [2.45, 2.75) is 24.2 Å². The monoisotopic (exact) mass is 490 g/mol. The SMILES string of the molecule is O=C(NCCOc1ccc(S(=O)(=O)N2CCCCC2)cc1)/C(=C/c1ccccc1)c1ccccc1. The molecular weight excluding hydrogens is 460 g/mol. The molecule has 1 amide bonds. The first-order valence-corrected chi connectivity index (χ1v) is 13.3. The number of benzene rings is 3. The molecule has 1 aliphatic heterocycles. The summed E-state index contributed by atoms with van der Waals surface area (Å²) < 4.78 is 32.8. The van der Waals surface area contributed by atoms with Gasteiger partial charge in [0.05, 0.1) is 11.4 Å². The van der Waals surface area contributed by atoms with E-state index in [2.05, 4.69) is 5.32 Å². The van der Waals surface area contributed by atoms with Gasteiger partial charge in [-0.3, -0.25) is 4.79 Å². The van der Waals surface area contributed by atoms with Crippen LogP contribution in [-0.4, -0.2) is 44.9 Å². The largest absolute Gasteiger partial charge is 0.492 e. The second kappa shape index (κ2) is 11.8. The number of amides is 1. The molecule has 182 valence electrons. The van der Waals surface area contributed by atoms with Crippen molar-refractivity contribution in [2.75, 3.05) is 26.2 Å². The standard InChI is InChI=1S/C28H30N2O4S/c31-28(27(24-12-6-2-7-13-24)22-23-10-4-1-5-11-23)29-18-21-34-25-14-16-26(17-15-25)35(32,33)30-19-8-3-9-20-30/h1-2,4-7,10-17,22H,3,8-9,18-21H2,(H,29,31)/b27-22+. The fourth-order valence-electron chi connectivity index (χ4n) is 4.00. The highest BCUT2D eigenvalue weighted by molar-refractivity contribution is 7.89. The van der Waals surface area contributed by atoms with Crippen molar-refractivity contribution in [1.29, 1.82) is 0 Å². The molecule has 0 aliphatic carbocycles. The maximum atomic E-state index is 13.0. The molecule has 0 saturated carbocycles. The molecule has 1 heterocycles. The predicted molar refractivity (Wildman–Crippen MR) is 138 cm³/mol. The summed E-state index contributed by atoms with van der Waals surface area (Å²) in [6, 6.07) is 25.7. The summed E-state index contributed by atoms with van der Waals surface area (Å²) in [5, 5.41) is 2.92. The Bertz CT molecular complexity index is 1240. The van der Waals surface area contributed by atoms with Gasteiger partial charge >= 0.3 is 0 Å². The van der Waals surface area contributed by atoms with Crippen molar-refractivity contribution in [3.63, 3.8) is 0 Å². The number of rotatable bonds is 9. The Balaban J connectivity index is 1.33. The second-order valence-electron chi connectivity index (χ2n) is 8.38. The highest BCUT2D eigenvalue weighted by atomic mass is 32.2. The van der Waals surface area contributed by atoms with Crippen LogP contribution >= 0.6 is 0 Å². The maximum Gasteiger partial charge on any atom is 0.252 e. The first kappa shape index (κ1) is 24.7. The number of nitrogens with zero attached hydrogens (tertiary/aromatic N) is 1. The Morgan fingerprint density at radius 2 is 1.49 bits per heavy atom. The number of hydrogen-bond donors (Lipinski definition) is 1. The highest BCUT2D eigenvalue weighted by Crippen LogP contribution is 2.23. The number of ether oxygens (including phenoxy) is 1. The lowest BCUT2D eigenvalue weighted by Crippen LogP contribution is -2.35. The Labute approximate surface area is 207 Å². The van der Waals surface area contributed by atoms with E-state index in [9.17, 15) is 13.2 Å². The van der Waals surface area contributed by atoms with Gasteiger partial charge in [0.2, 0.25) is 10.0 Å². The lowest BCUT2D eigenvalue weighted by Gasteiger charge is -2.25. The minimum Gasteiger partial charge on any atom is -0.492 e. The highest BCUT2D eigenvalue weighted by Gasteiger charge is 2.25. The van der Waals surface area contributed by atoms with E-state index in [4.69, 9.17) is 4.74 Å². The Hall–Kier alpha value is -3.42. The second-order valence-corrected chi connectivity index (χ2v) is 10.3. The van der Waals surface area contributed by atoms with Gasteiger partial charge in [0.1, 0.15) is 12.4 Å². The molecule has 1 aliphatic rings. The molecule has 0 atom stereocenters. The van der Waals surface area contributed by atoms with Crippen LogP contribution in [0.2, 0.25) is 0 Å². The zero-order valence-electron chi connectivity index (χ0n) is 19.6. The van der Waals surface area contributed by atoms with Gasteiger partial charge in [-0.05, 0) is 54.3 Å². The van der Waals surface area contributed by atoms with E-state index in [-0.39, 0.29) is 17.4 Å². The average molecular weight is 491 g/mol. The first-order valence-electron chi connectivity index (χ1n) is 11.9. The summed E-state index contributed by atoms with van der Waals surface area (Å²) >= 11 is 0. The Morgan fingerprint density at radius 3 is 2.14 bits per heavy atom. The third kappa shape index (κ3) is 6.59. The van der Waals surface area contributed by atoms with Gasteiger partial charge < -0.3 is 10.1 Å². The maximum absolute atomic E-state index is 13.0. The summed E-state index contributed by atoms with van der Waals surface area (Å²) in [6.45, 7) is 1.72. The van der Waals surface area contributed by atoms with Crippen LogP contribution in [0.1, 0.15) is 30.4 Å². The van der Waals surface area contributed by atoms with Crippen LogP contribution in [0.5, 0.6) is 5.75 Å². The minimum atomic E-state index is -3.46. The number of hydrogen-bond acceptors (Lipinski definition) is 4. The molecule has 4 rings (SSSR count). The molecule has 35 heavy (non-hydrogen) atoms. The quantitative estimate of drug-likeness (QED) is 0.270. The summed E-state index contributed by atoms with van der Waals surface area (Å²) in [5.74, 6) is 0.367. The molecule has 0 radical (unpaired) electrons. The van der Waals surface area contributed by atoms with Gasteiger partial charge in [-0.25, -0.2) is 8.42 Å². The molecule has 3 aromatic rings. The van der Waals surface area contributed by atoms with Gasteiger partial charge in [0.25, 0.3) is 5.91 Å². The molecule has 7 heteroatoms. The van der Waals surface area contributed by atoms with Crippen LogP contribution in [0, 0.1) is 0 Å². The molecule has 3 aromatic carbocycles. The lowest BCUT2D eigenvalue weighted by molar-refractivity contribution is -0.115. The van der Waals surface area contributed by atoms with E-state index >= 15 is 0 Å². The van der Waals surface area contributed by atoms with E-state index in [1.807, 2.05) is 66.7 Å². The minimum absolute atomic E-state index is 0.188. The molecule has 1 fully saturated rings. The van der Waals surface area contributed by atoms with Gasteiger partial charge in [-0.2, -0.15) is 4.31 Å². The Morgan fingerprint density at radius 1 is 0.857 bits per heavy atom. The predicted octanol–water partition coefficient (Wildman–Crippen LogP) is 4.60. The van der Waals surface area contributed by atoms with Crippen LogP contribution in [-0.2, 0) is 14.8 Å². The van der Waals surface area contributed by atoms with Crippen molar-refractivity contribution < 1.29 is 17.9 Å². The van der Waals surface area contributed by atoms with Gasteiger partial charge in [-0.1, -0.05) is 67.1 Å². The third-order valence-corrected chi connectivity index (χ3v) is 7.79. The number of sulfonamides is 1. The lowest BCUT2D eigenvalue weighted by atomic mass is 10.0. The van der Waals surface area contributed by atoms with Gasteiger partial charge in [-0.15, -0.1) is 0 Å². The van der Waals surface area contributed by atoms with Crippen molar-refractivity contribution >= 4 is 27.6 Å². The van der Waals surface area contributed by atoms with E-state index in [0.29, 0.717) is 31.0 Å². The van der Waals surface area contributed by atoms with E-state index in [0.717, 1.165) is 30.4 Å². The van der Waals surface area contributed by atoms with Crippen molar-refractivity contribution in [2.24, 2.45) is 0 Å². The smallest absolute Gasteiger partial charge is 0.252 e. The fourth-order valence-corrected chi connectivity index (χ4v) is 5.52. The molecular formula is C28H30N2O4S. The first-order chi connectivity index (χ1) is 17.0. The summed E-state index contributed by atoms with van der Waals surface area (Å²) in [6.07, 6.45) is 4.74. The summed E-state index contributed by atoms with van der Waals surface area (Å²) in [7, 11) is -3.46. The number of piperidine rings is 1. The fraction of sp³-hybridized carbons (Fsp3) is 0.250. The summed E-state index contributed by atoms with van der Waals surface area (Å²) in [4.78, 5) is 13.2. The topological polar surface area (TPSA) is 75.7 Å². The van der Waals surface area contributed by atoms with E-state index in [1.165, 1.54) is 0 Å². The molecule has 0 aromatic heterocycles. The van der Waals surface area contributed by atoms with E-state index < -0.39 is 10.0 Å². The van der Waals surface area contributed by atoms with Gasteiger partial charge in [0, 0.05) is 18.7 Å². The number of nitrogens with one attached hydrogen (secondary N) is 1. The van der Waals surface area contributed by atoms with Crippen LogP contribution in [0.25, 0.3) is 11.6 Å². The normalized spacial score (nSPS) is 14.9. The van der Waals surface area contributed by atoms with Gasteiger partial charge in [0.15, 0.2) is 0 Å². The van der Waals surface area contributed by atoms with E-state index in [1.54, 1.807) is 28.6 Å². The molecule has 0 spiro atoms. The molecule has 0 unspecified atom stereocenters. The molecule has 0 bridgehead atoms. The Kier molecular flexibility index (Phi) is 8.34. The van der Waals surface area contributed by atoms with Crippen molar-refractivity contribution in [1.82, 2.24) is 9.62 Å².